The normalized spacial score (nSPS) is 43.2. The fourth-order valence-electron chi connectivity index (χ4n) is 9.19. The Hall–Kier alpha value is -1.98. The summed E-state index contributed by atoms with van der Waals surface area (Å²) in [7, 11) is 0. The molecule has 6 heteroatoms. The predicted molar refractivity (Wildman–Crippen MR) is 136 cm³/mol. The number of nitrogens with zero attached hydrogens (tertiary/aromatic N) is 3. The van der Waals surface area contributed by atoms with Gasteiger partial charge in [0.2, 0.25) is 0 Å². The van der Waals surface area contributed by atoms with E-state index < -0.39 is 5.60 Å². The van der Waals surface area contributed by atoms with Gasteiger partial charge in [0.05, 0.1) is 25.5 Å². The molecule has 1 aliphatic heterocycles. The van der Waals surface area contributed by atoms with E-state index >= 15 is 0 Å². The van der Waals surface area contributed by atoms with E-state index in [2.05, 4.69) is 49.0 Å². The molecule has 192 valence electrons. The van der Waals surface area contributed by atoms with E-state index in [4.69, 9.17) is 9.47 Å². The first-order chi connectivity index (χ1) is 17.3. The van der Waals surface area contributed by atoms with Crippen molar-refractivity contribution >= 4 is 0 Å². The third-order valence-electron chi connectivity index (χ3n) is 11.5. The van der Waals surface area contributed by atoms with E-state index in [1.54, 1.807) is 5.57 Å². The molecule has 7 rings (SSSR count). The van der Waals surface area contributed by atoms with Gasteiger partial charge in [-0.25, -0.2) is 4.68 Å². The highest BCUT2D eigenvalue weighted by molar-refractivity contribution is 5.32. The van der Waals surface area contributed by atoms with Crippen molar-refractivity contribution in [1.29, 1.82) is 0 Å². The minimum Gasteiger partial charge on any atom is -0.383 e. The minimum atomic E-state index is -0.927. The van der Waals surface area contributed by atoms with Gasteiger partial charge in [-0.1, -0.05) is 36.8 Å². The van der Waals surface area contributed by atoms with Gasteiger partial charge in [-0.15, -0.1) is 10.8 Å². The molecule has 5 aliphatic carbocycles. The van der Waals surface area contributed by atoms with Gasteiger partial charge in [0.1, 0.15) is 11.3 Å². The molecular weight excluding hydrogens is 450 g/mol. The number of hydrogen-bond donors (Lipinski definition) is 1. The van der Waals surface area contributed by atoms with Crippen molar-refractivity contribution in [2.24, 2.45) is 28.6 Å². The summed E-state index contributed by atoms with van der Waals surface area (Å²) in [6, 6.07) is 0.0508. The highest BCUT2D eigenvalue weighted by Crippen LogP contribution is 2.69. The number of aromatic nitrogens is 3. The SMILES string of the molecule is CC(C1=C=CC=C1)n1cc([C@]2(O)CC[C@H]3[C@@H]4CC=C5CC6(CC[C@]5(C)[C@H]4CC[C@@]32C)OCCO6)nn1. The van der Waals surface area contributed by atoms with E-state index in [0.29, 0.717) is 17.8 Å². The average Bonchev–Trinajstić information content (AvgIpc) is 3.68. The minimum absolute atomic E-state index is 0.0508. The zero-order chi connectivity index (χ0) is 24.8. The molecule has 6 aliphatic rings. The van der Waals surface area contributed by atoms with Crippen LogP contribution in [0, 0.1) is 28.6 Å². The first-order valence-electron chi connectivity index (χ1n) is 14.0. The molecule has 6 nitrogen and oxygen atoms in total. The number of rotatable bonds is 3. The summed E-state index contributed by atoms with van der Waals surface area (Å²) in [4.78, 5) is 0. The van der Waals surface area contributed by atoms with E-state index in [9.17, 15) is 5.11 Å². The fraction of sp³-hybridized carbons (Fsp3) is 0.700. The number of allylic oxidation sites excluding steroid dienone is 4. The van der Waals surface area contributed by atoms with Gasteiger partial charge < -0.3 is 14.6 Å². The molecule has 7 atom stereocenters. The standard InChI is InChI=1S/C30H39N3O3/c1-20(21-6-4-5-7-21)33-19-26(31-32-33)30(34)13-11-25-23-9-8-22-18-29(35-16-17-36-29)15-14-27(22,2)24(23)10-12-28(25,30)3/h4-6,8,19-20,23-25,34H,9-18H2,1-3H3/t20?,23-,24+,25+,27+,28+,30-/m1/s1. The molecule has 3 saturated carbocycles. The molecule has 1 aromatic rings. The van der Waals surface area contributed by atoms with Crippen LogP contribution in [0.15, 0.2) is 47.4 Å². The van der Waals surface area contributed by atoms with Crippen LogP contribution in [-0.4, -0.2) is 39.1 Å². The molecule has 36 heavy (non-hydrogen) atoms. The lowest BCUT2D eigenvalue weighted by Gasteiger charge is -2.59. The number of aliphatic hydroxyl groups is 1. The highest BCUT2D eigenvalue weighted by Gasteiger charge is 2.65. The first kappa shape index (κ1) is 23.2. The summed E-state index contributed by atoms with van der Waals surface area (Å²) >= 11 is 0. The molecule has 0 aromatic carbocycles. The van der Waals surface area contributed by atoms with Crippen LogP contribution >= 0.6 is 0 Å². The summed E-state index contributed by atoms with van der Waals surface area (Å²) in [5.74, 6) is 1.41. The van der Waals surface area contributed by atoms with Gasteiger partial charge in [-0.2, -0.15) is 0 Å². The van der Waals surface area contributed by atoms with Crippen LogP contribution in [-0.2, 0) is 15.1 Å². The van der Waals surface area contributed by atoms with Crippen LogP contribution in [0.25, 0.3) is 0 Å². The second-order valence-electron chi connectivity index (χ2n) is 12.8. The van der Waals surface area contributed by atoms with Gasteiger partial charge in [-0.05, 0) is 80.8 Å². The van der Waals surface area contributed by atoms with Crippen molar-refractivity contribution in [3.63, 3.8) is 0 Å². The molecule has 0 amide bonds. The Morgan fingerprint density at radius 2 is 1.92 bits per heavy atom. The largest absolute Gasteiger partial charge is 0.383 e. The molecule has 1 N–H and O–H groups in total. The van der Waals surface area contributed by atoms with E-state index in [0.717, 1.165) is 75.8 Å². The maximum absolute atomic E-state index is 12.3. The Balaban J connectivity index is 1.17. The maximum atomic E-state index is 12.3. The monoisotopic (exact) mass is 489 g/mol. The summed E-state index contributed by atoms with van der Waals surface area (Å²) in [6.45, 7) is 8.41. The summed E-state index contributed by atoms with van der Waals surface area (Å²) in [5.41, 5.74) is 5.80. The first-order valence-corrected chi connectivity index (χ1v) is 14.0. The molecule has 1 spiro atoms. The van der Waals surface area contributed by atoms with Gasteiger partial charge in [0.15, 0.2) is 5.79 Å². The van der Waals surface area contributed by atoms with Gasteiger partial charge in [0, 0.05) is 23.8 Å². The molecule has 4 fully saturated rings. The van der Waals surface area contributed by atoms with Crippen LogP contribution in [0.4, 0.5) is 0 Å². The second kappa shape index (κ2) is 7.77. The van der Waals surface area contributed by atoms with Crippen LogP contribution in [0.3, 0.4) is 0 Å². The molecule has 0 radical (unpaired) electrons. The lowest BCUT2D eigenvalue weighted by Crippen LogP contribution is -2.54. The van der Waals surface area contributed by atoms with Crippen LogP contribution in [0.2, 0.25) is 0 Å². The molecule has 1 saturated heterocycles. The maximum Gasteiger partial charge on any atom is 0.172 e. The zero-order valence-corrected chi connectivity index (χ0v) is 21.9. The van der Waals surface area contributed by atoms with Crippen molar-refractivity contribution in [1.82, 2.24) is 15.0 Å². The Morgan fingerprint density at radius 3 is 2.69 bits per heavy atom. The Bertz CT molecular complexity index is 1200. The van der Waals surface area contributed by atoms with Gasteiger partial charge in [-0.3, -0.25) is 0 Å². The summed E-state index contributed by atoms with van der Waals surface area (Å²) < 4.78 is 14.1. The number of ether oxygens (including phenoxy) is 2. The number of fused-ring (bicyclic) bond motifs is 5. The predicted octanol–water partition coefficient (Wildman–Crippen LogP) is 5.38. The molecular formula is C30H39N3O3. The van der Waals surface area contributed by atoms with Crippen LogP contribution in [0.1, 0.15) is 83.9 Å². The van der Waals surface area contributed by atoms with Crippen molar-refractivity contribution in [2.45, 2.75) is 89.6 Å². The highest BCUT2D eigenvalue weighted by atomic mass is 16.7. The van der Waals surface area contributed by atoms with E-state index in [1.807, 2.05) is 23.0 Å². The third kappa shape index (κ3) is 3.02. The van der Waals surface area contributed by atoms with E-state index in [-0.39, 0.29) is 22.7 Å². The van der Waals surface area contributed by atoms with Crippen LogP contribution in [0.5, 0.6) is 0 Å². The summed E-state index contributed by atoms with van der Waals surface area (Å²) in [6.07, 6.45) is 18.7. The zero-order valence-electron chi connectivity index (χ0n) is 21.9. The van der Waals surface area contributed by atoms with Crippen molar-refractivity contribution in [3.8, 4) is 0 Å². The topological polar surface area (TPSA) is 69.4 Å². The fourth-order valence-corrected chi connectivity index (χ4v) is 9.19. The van der Waals surface area contributed by atoms with Crippen molar-refractivity contribution in [2.75, 3.05) is 13.2 Å². The lowest BCUT2D eigenvalue weighted by atomic mass is 9.46. The Labute approximate surface area is 214 Å². The van der Waals surface area contributed by atoms with Gasteiger partial charge in [0.25, 0.3) is 0 Å². The Morgan fingerprint density at radius 1 is 1.11 bits per heavy atom. The third-order valence-corrected chi connectivity index (χ3v) is 11.5. The summed E-state index contributed by atoms with van der Waals surface area (Å²) in [5, 5.41) is 21.3. The van der Waals surface area contributed by atoms with Crippen molar-refractivity contribution < 1.29 is 14.6 Å². The van der Waals surface area contributed by atoms with Crippen molar-refractivity contribution in [3.05, 3.63) is 53.1 Å². The lowest BCUT2D eigenvalue weighted by molar-refractivity contribution is -0.188. The van der Waals surface area contributed by atoms with Crippen LogP contribution < -0.4 is 0 Å². The average molecular weight is 490 g/mol. The molecule has 0 bridgehead atoms. The second-order valence-corrected chi connectivity index (χ2v) is 12.8. The molecule has 1 unspecified atom stereocenters. The Kier molecular flexibility index (Phi) is 5.00. The quantitative estimate of drug-likeness (QED) is 0.456. The van der Waals surface area contributed by atoms with Gasteiger partial charge >= 0.3 is 0 Å². The smallest absolute Gasteiger partial charge is 0.172 e. The van der Waals surface area contributed by atoms with E-state index in [1.165, 1.54) is 0 Å². The molecule has 1 aromatic heterocycles. The molecule has 2 heterocycles. The number of hydrogen-bond acceptors (Lipinski definition) is 5.